The van der Waals surface area contributed by atoms with Crippen LogP contribution in [-0.2, 0) is 14.3 Å². The number of epoxide rings is 1. The van der Waals surface area contributed by atoms with Gasteiger partial charge >= 0.3 is 5.97 Å². The Bertz CT molecular complexity index is 637. The summed E-state index contributed by atoms with van der Waals surface area (Å²) in [7, 11) is 2.36. The molecule has 1 N–H and O–H groups in total. The first kappa shape index (κ1) is 20.8. The molecule has 0 aliphatic carbocycles. The number of morpholine rings is 1. The van der Waals surface area contributed by atoms with Crippen molar-refractivity contribution in [2.45, 2.75) is 68.9 Å². The molecule has 27 heavy (non-hydrogen) atoms. The van der Waals surface area contributed by atoms with Crippen molar-refractivity contribution in [3.8, 4) is 0 Å². The van der Waals surface area contributed by atoms with Crippen molar-refractivity contribution in [1.29, 1.82) is 0 Å². The average Bonchev–Trinajstić information content (AvgIpc) is 3.40. The van der Waals surface area contributed by atoms with Crippen LogP contribution in [0.25, 0.3) is 0 Å². The average molecular weight is 440 g/mol. The maximum atomic E-state index is 12.7. The van der Waals surface area contributed by atoms with Crippen LogP contribution in [0.1, 0.15) is 44.1 Å². The van der Waals surface area contributed by atoms with Gasteiger partial charge in [-0.2, -0.15) is 0 Å². The summed E-state index contributed by atoms with van der Waals surface area (Å²) in [4.78, 5) is 12.7. The molecule has 3 fully saturated rings. The lowest BCUT2D eigenvalue weighted by molar-refractivity contribution is -0.956. The molecule has 0 radical (unpaired) electrons. The summed E-state index contributed by atoms with van der Waals surface area (Å²) in [6, 6.07) is 10.3. The molecule has 6 heteroatoms. The maximum Gasteiger partial charge on any atom is 0.316 e. The third-order valence-corrected chi connectivity index (χ3v) is 6.79. The van der Waals surface area contributed by atoms with Crippen LogP contribution in [0.5, 0.6) is 0 Å². The van der Waals surface area contributed by atoms with E-state index in [0.29, 0.717) is 24.3 Å². The fourth-order valence-electron chi connectivity index (χ4n) is 5.23. The first-order valence-corrected chi connectivity index (χ1v) is 9.95. The van der Waals surface area contributed by atoms with E-state index in [-0.39, 0.29) is 35.7 Å². The van der Waals surface area contributed by atoms with Gasteiger partial charge in [0, 0.05) is 12.8 Å². The molecule has 3 saturated heterocycles. The Morgan fingerprint density at radius 1 is 1.26 bits per heavy atom. The highest BCUT2D eigenvalue weighted by Gasteiger charge is 2.71. The molecule has 3 unspecified atom stereocenters. The maximum absolute atomic E-state index is 12.7. The summed E-state index contributed by atoms with van der Waals surface area (Å²) >= 11 is 0. The molecule has 0 spiro atoms. The molecule has 150 valence electrons. The number of carbonyl (C=O) groups excluding carboxylic acids is 1. The van der Waals surface area contributed by atoms with Crippen molar-refractivity contribution < 1.29 is 40.8 Å². The van der Waals surface area contributed by atoms with Crippen molar-refractivity contribution >= 4 is 5.97 Å². The molecule has 3 aliphatic heterocycles. The lowest BCUT2D eigenvalue weighted by atomic mass is 9.94. The van der Waals surface area contributed by atoms with Crippen molar-refractivity contribution in [2.75, 3.05) is 20.2 Å². The molecule has 5 nitrogen and oxygen atoms in total. The number of aliphatic hydroxyl groups is 1. The number of ether oxygens (including phenoxy) is 2. The van der Waals surface area contributed by atoms with Gasteiger partial charge in [0.05, 0.1) is 20.2 Å². The zero-order chi connectivity index (χ0) is 18.3. The Balaban J connectivity index is 0.00000210. The summed E-state index contributed by atoms with van der Waals surface area (Å²) in [5.41, 5.74) is 0.813. The SMILES string of the molecule is CCCC[N+]1(C)[C@@H]2CC(OC(=O)C(CO)c3ccccc3)C[C@H]1[C@@H]1O[C@@H]12.[Br-]. The zero-order valence-electron chi connectivity index (χ0n) is 16.1. The Morgan fingerprint density at radius 2 is 1.89 bits per heavy atom. The van der Waals surface area contributed by atoms with Crippen LogP contribution < -0.4 is 17.0 Å². The number of likely N-dealkylation sites (N-methyl/N-ethyl adjacent to an activating group) is 1. The number of esters is 1. The first-order chi connectivity index (χ1) is 12.6. The van der Waals surface area contributed by atoms with Crippen LogP contribution in [0.4, 0.5) is 0 Å². The Hall–Kier alpha value is -0.950. The lowest BCUT2D eigenvalue weighted by Crippen LogP contribution is -3.00. The number of aliphatic hydroxyl groups excluding tert-OH is 1. The second-order valence-electron chi connectivity index (χ2n) is 8.30. The van der Waals surface area contributed by atoms with Crippen LogP contribution in [0.15, 0.2) is 30.3 Å². The third-order valence-electron chi connectivity index (χ3n) is 6.79. The molecule has 7 atom stereocenters. The van der Waals surface area contributed by atoms with E-state index in [2.05, 4.69) is 14.0 Å². The minimum absolute atomic E-state index is 0. The summed E-state index contributed by atoms with van der Waals surface area (Å²) in [6.07, 6.45) is 4.83. The van der Waals surface area contributed by atoms with Gasteiger partial charge < -0.3 is 36.0 Å². The van der Waals surface area contributed by atoms with Gasteiger partial charge in [0.1, 0.15) is 36.3 Å². The number of benzene rings is 1. The van der Waals surface area contributed by atoms with Gasteiger partial charge in [0.15, 0.2) is 0 Å². The van der Waals surface area contributed by atoms with Gasteiger partial charge in [0.25, 0.3) is 0 Å². The normalized spacial score (nSPS) is 37.1. The number of hydrogen-bond acceptors (Lipinski definition) is 4. The van der Waals surface area contributed by atoms with Crippen LogP contribution in [0.3, 0.4) is 0 Å². The second-order valence-corrected chi connectivity index (χ2v) is 8.30. The Morgan fingerprint density at radius 3 is 2.44 bits per heavy atom. The molecule has 0 aromatic heterocycles. The summed E-state index contributed by atoms with van der Waals surface area (Å²) in [5, 5.41) is 9.70. The molecular formula is C21H30BrNO4. The van der Waals surface area contributed by atoms with E-state index in [1.54, 1.807) is 0 Å². The van der Waals surface area contributed by atoms with Crippen molar-refractivity contribution in [2.24, 2.45) is 0 Å². The minimum atomic E-state index is -0.595. The van der Waals surface area contributed by atoms with E-state index in [0.717, 1.165) is 22.9 Å². The highest BCUT2D eigenvalue weighted by Crippen LogP contribution is 2.52. The van der Waals surface area contributed by atoms with E-state index >= 15 is 0 Å². The van der Waals surface area contributed by atoms with Crippen molar-refractivity contribution in [1.82, 2.24) is 0 Å². The second kappa shape index (κ2) is 8.19. The molecule has 3 heterocycles. The summed E-state index contributed by atoms with van der Waals surface area (Å²) in [5.74, 6) is -0.898. The topological polar surface area (TPSA) is 59.1 Å². The van der Waals surface area contributed by atoms with Crippen LogP contribution >= 0.6 is 0 Å². The van der Waals surface area contributed by atoms with Gasteiger partial charge in [-0.1, -0.05) is 43.7 Å². The number of unbranched alkanes of at least 4 members (excludes halogenated alkanes) is 1. The number of halogens is 1. The lowest BCUT2D eigenvalue weighted by Gasteiger charge is -2.48. The number of carbonyl (C=O) groups is 1. The van der Waals surface area contributed by atoms with Crippen LogP contribution in [0.2, 0.25) is 0 Å². The molecular weight excluding hydrogens is 410 g/mol. The fraction of sp³-hybridized carbons (Fsp3) is 0.667. The molecule has 3 aliphatic rings. The van der Waals surface area contributed by atoms with E-state index in [1.165, 1.54) is 19.4 Å². The number of nitrogens with zero attached hydrogens (tertiary/aromatic N) is 1. The van der Waals surface area contributed by atoms with Crippen LogP contribution in [-0.4, -0.2) is 66.2 Å². The largest absolute Gasteiger partial charge is 1.00 e. The number of piperidine rings is 1. The summed E-state index contributed by atoms with van der Waals surface area (Å²) in [6.45, 7) is 3.20. The standard InChI is InChI=1S/C21H30NO4.BrH/c1-3-4-10-22(2)17-11-15(12-18(22)20-19(17)26-20)25-21(24)16(13-23)14-8-6-5-7-9-14;/h5-9,15-20,23H,3-4,10-13H2,1-2H3;1H/q+1;/p-1/t15?,16?,17-,18+,19-,20+,22?;. The van der Waals surface area contributed by atoms with Crippen molar-refractivity contribution in [3.05, 3.63) is 35.9 Å². The summed E-state index contributed by atoms with van der Waals surface area (Å²) < 4.78 is 12.9. The highest BCUT2D eigenvalue weighted by molar-refractivity contribution is 5.78. The van der Waals surface area contributed by atoms with Crippen LogP contribution in [0, 0.1) is 0 Å². The third kappa shape index (κ3) is 3.69. The predicted molar refractivity (Wildman–Crippen MR) is 97.6 cm³/mol. The zero-order valence-corrected chi connectivity index (χ0v) is 17.7. The molecule has 1 aromatic carbocycles. The molecule has 1 aromatic rings. The van der Waals surface area contributed by atoms with E-state index in [1.807, 2.05) is 30.3 Å². The monoisotopic (exact) mass is 439 g/mol. The van der Waals surface area contributed by atoms with Gasteiger partial charge in [-0.05, 0) is 12.0 Å². The minimum Gasteiger partial charge on any atom is -1.00 e. The number of quaternary nitrogens is 1. The van der Waals surface area contributed by atoms with E-state index in [9.17, 15) is 9.90 Å². The smallest absolute Gasteiger partial charge is 0.316 e. The first-order valence-electron chi connectivity index (χ1n) is 9.95. The van der Waals surface area contributed by atoms with Gasteiger partial charge in [-0.15, -0.1) is 0 Å². The molecule has 4 rings (SSSR count). The van der Waals surface area contributed by atoms with Crippen molar-refractivity contribution in [3.63, 3.8) is 0 Å². The fourth-order valence-corrected chi connectivity index (χ4v) is 5.23. The van der Waals surface area contributed by atoms with Gasteiger partial charge in [0.2, 0.25) is 0 Å². The number of hydrogen-bond donors (Lipinski definition) is 1. The van der Waals surface area contributed by atoms with E-state index in [4.69, 9.17) is 9.47 Å². The van der Waals surface area contributed by atoms with Gasteiger partial charge in [-0.3, -0.25) is 4.79 Å². The quantitative estimate of drug-likeness (QED) is 0.344. The number of fused-ring (bicyclic) bond motifs is 5. The molecule has 0 saturated carbocycles. The molecule has 2 bridgehead atoms. The Labute approximate surface area is 172 Å². The molecule has 0 amide bonds. The highest BCUT2D eigenvalue weighted by atomic mass is 79.9. The van der Waals surface area contributed by atoms with E-state index < -0.39 is 5.92 Å². The number of rotatable bonds is 7. The predicted octanol–water partition coefficient (Wildman–Crippen LogP) is -0.763. The van der Waals surface area contributed by atoms with Gasteiger partial charge in [-0.25, -0.2) is 0 Å². The Kier molecular flexibility index (Phi) is 6.31.